The summed E-state index contributed by atoms with van der Waals surface area (Å²) in [4.78, 5) is 5.24. The maximum Gasteiger partial charge on any atom is 0.161 e. The lowest BCUT2D eigenvalue weighted by Gasteiger charge is -2.31. The number of benzene rings is 7. The van der Waals surface area contributed by atoms with Gasteiger partial charge in [0.15, 0.2) is 4.90 Å². The summed E-state index contributed by atoms with van der Waals surface area (Å²) in [7, 11) is 0. The number of thioether (sulfide) groups is 1. The summed E-state index contributed by atoms with van der Waals surface area (Å²) in [6, 6.07) is 54.0. The van der Waals surface area contributed by atoms with Crippen molar-refractivity contribution in [1.29, 1.82) is 0 Å². The Morgan fingerprint density at radius 3 is 2.35 bits per heavy atom. The van der Waals surface area contributed by atoms with Crippen molar-refractivity contribution in [2.45, 2.75) is 27.9 Å². The second-order valence-corrected chi connectivity index (χ2v) is 16.9. The van der Waals surface area contributed by atoms with Crippen molar-refractivity contribution in [3.05, 3.63) is 181 Å². The minimum Gasteiger partial charge on any atom is -0.311 e. The normalized spacial score (nSPS) is 16.3. The van der Waals surface area contributed by atoms with Gasteiger partial charge in [0.1, 0.15) is 6.26 Å². The molecule has 0 saturated carbocycles. The van der Waals surface area contributed by atoms with Gasteiger partial charge in [0.2, 0.25) is 0 Å². The minimum atomic E-state index is 0.335. The number of allylic oxidation sites excluding steroid dienone is 2. The summed E-state index contributed by atoms with van der Waals surface area (Å²) in [6.45, 7) is 2.29. The van der Waals surface area contributed by atoms with Gasteiger partial charge in [0, 0.05) is 65.1 Å². The van der Waals surface area contributed by atoms with E-state index in [9.17, 15) is 0 Å². The number of fused-ring (bicyclic) bond motifs is 7. The molecule has 0 spiro atoms. The molecule has 0 radical (unpaired) electrons. The first-order chi connectivity index (χ1) is 25.6. The first-order valence-electron chi connectivity index (χ1n) is 17.8. The number of hydrogen-bond donors (Lipinski definition) is 0. The van der Waals surface area contributed by atoms with Gasteiger partial charge in [-0.2, -0.15) is 0 Å². The summed E-state index contributed by atoms with van der Waals surface area (Å²) < 4.78 is 2.72. The van der Waals surface area contributed by atoms with Crippen LogP contribution in [0.3, 0.4) is 0 Å². The monoisotopic (exact) mass is 722 g/mol. The maximum absolute atomic E-state index is 2.50. The Hall–Kier alpha value is -5.00. The molecule has 0 fully saturated rings. The van der Waals surface area contributed by atoms with Crippen molar-refractivity contribution in [3.63, 3.8) is 0 Å². The second-order valence-electron chi connectivity index (χ2n) is 13.7. The Balaban J connectivity index is 1.14. The third-order valence-electron chi connectivity index (χ3n) is 10.7. The lowest BCUT2D eigenvalue weighted by molar-refractivity contribution is 0.863. The van der Waals surface area contributed by atoms with E-state index in [-0.39, 0.29) is 0 Å². The van der Waals surface area contributed by atoms with Crippen molar-refractivity contribution < 1.29 is 0 Å². The fourth-order valence-corrected chi connectivity index (χ4v) is 11.6. The van der Waals surface area contributed by atoms with Gasteiger partial charge >= 0.3 is 0 Å². The Morgan fingerprint density at radius 1 is 0.654 bits per heavy atom. The standard InChI is InChI=1S/C48H35NS3/c1-30-27-34(21-23-36(30)47-46(50-2)26-24-41-39-16-5-8-20-44(39)52-48(41)47)49(35-22-25-45-42(29-35)40-17-6-7-19-43(40)51-45)33-14-9-13-32(28-33)38-18-10-12-31-11-3-4-15-37(31)38/h3-29,42,45H,1-2H3/p+1. The molecule has 7 aromatic carbocycles. The first-order valence-corrected chi connectivity index (χ1v) is 20.9. The largest absolute Gasteiger partial charge is 0.311 e. The molecule has 0 amide bonds. The highest BCUT2D eigenvalue weighted by atomic mass is 32.2. The molecular formula is C48H36NS3+. The summed E-state index contributed by atoms with van der Waals surface area (Å²) in [5.74, 6) is 0.335. The smallest absolute Gasteiger partial charge is 0.161 e. The zero-order chi connectivity index (χ0) is 34.8. The van der Waals surface area contributed by atoms with Crippen LogP contribution in [0.1, 0.15) is 17.0 Å². The number of nitrogens with zero attached hydrogens (tertiary/aromatic N) is 1. The van der Waals surface area contributed by atoms with Crippen molar-refractivity contribution in [3.8, 4) is 22.3 Å². The average Bonchev–Trinajstić information content (AvgIpc) is 3.76. The minimum absolute atomic E-state index is 0.335. The van der Waals surface area contributed by atoms with Crippen LogP contribution in [0.4, 0.5) is 11.4 Å². The number of aryl methyl sites for hydroxylation is 1. The Labute approximate surface area is 317 Å². The van der Waals surface area contributed by atoms with Crippen molar-refractivity contribution >= 4 is 77.2 Å². The van der Waals surface area contributed by atoms with E-state index in [2.05, 4.69) is 182 Å². The van der Waals surface area contributed by atoms with E-state index < -0.39 is 0 Å². The molecule has 1 aromatic heterocycles. The van der Waals surface area contributed by atoms with Crippen LogP contribution in [-0.4, -0.2) is 11.5 Å². The Bertz CT molecular complexity index is 2750. The Kier molecular flexibility index (Phi) is 7.86. The quantitative estimate of drug-likeness (QED) is 0.124. The molecule has 0 saturated heterocycles. The molecule has 1 aliphatic carbocycles. The molecule has 2 heterocycles. The number of thiophene rings is 1. The van der Waals surface area contributed by atoms with Crippen LogP contribution in [0.15, 0.2) is 179 Å². The van der Waals surface area contributed by atoms with Gasteiger partial charge < -0.3 is 4.90 Å². The van der Waals surface area contributed by atoms with Crippen LogP contribution in [0, 0.1) is 6.92 Å². The molecule has 10 rings (SSSR count). The summed E-state index contributed by atoms with van der Waals surface area (Å²) >= 11 is 5.18. The fraction of sp³-hybridized carbons (Fsp3) is 0.0833. The van der Waals surface area contributed by atoms with Gasteiger partial charge in [-0.1, -0.05) is 109 Å². The van der Waals surface area contributed by atoms with Crippen LogP contribution in [0.2, 0.25) is 0 Å². The van der Waals surface area contributed by atoms with Crippen molar-refractivity contribution in [2.75, 3.05) is 11.2 Å². The van der Waals surface area contributed by atoms with Crippen molar-refractivity contribution in [2.24, 2.45) is 0 Å². The van der Waals surface area contributed by atoms with E-state index in [1.165, 1.54) is 97.3 Å². The maximum atomic E-state index is 2.50. The molecule has 0 bridgehead atoms. The van der Waals surface area contributed by atoms with Gasteiger partial charge in [-0.3, -0.25) is 0 Å². The number of rotatable bonds is 6. The highest BCUT2D eigenvalue weighted by molar-refractivity contribution is 8.00. The highest BCUT2D eigenvalue weighted by Gasteiger charge is 2.33. The number of thiol groups is 1. The van der Waals surface area contributed by atoms with E-state index in [4.69, 9.17) is 0 Å². The van der Waals surface area contributed by atoms with Crippen LogP contribution < -0.4 is 4.90 Å². The molecule has 2 atom stereocenters. The van der Waals surface area contributed by atoms with E-state index in [0.29, 0.717) is 11.2 Å². The van der Waals surface area contributed by atoms with E-state index >= 15 is 0 Å². The topological polar surface area (TPSA) is 3.24 Å². The van der Waals surface area contributed by atoms with Crippen LogP contribution >= 0.6 is 23.1 Å². The zero-order valence-corrected chi connectivity index (χ0v) is 31.5. The summed E-state index contributed by atoms with van der Waals surface area (Å²) in [6.07, 6.45) is 9.52. The van der Waals surface area contributed by atoms with E-state index in [0.717, 1.165) is 5.69 Å². The van der Waals surface area contributed by atoms with Gasteiger partial charge in [0.25, 0.3) is 0 Å². The molecule has 1 aliphatic heterocycles. The molecule has 2 aliphatic rings. The molecule has 0 N–H and O–H groups in total. The molecule has 4 heteroatoms. The first kappa shape index (κ1) is 31.7. The van der Waals surface area contributed by atoms with Gasteiger partial charge in [-0.05, 0) is 100 Å². The van der Waals surface area contributed by atoms with E-state index in [1.807, 2.05) is 23.1 Å². The third kappa shape index (κ3) is 5.24. The summed E-state index contributed by atoms with van der Waals surface area (Å²) in [5, 5.41) is 5.64. The lowest BCUT2D eigenvalue weighted by atomic mass is 9.90. The third-order valence-corrected chi connectivity index (χ3v) is 14.1. The molecule has 8 aromatic rings. The summed E-state index contributed by atoms with van der Waals surface area (Å²) in [5.41, 5.74) is 11.4. The van der Waals surface area contributed by atoms with Gasteiger partial charge in [-0.25, -0.2) is 0 Å². The van der Waals surface area contributed by atoms with Crippen LogP contribution in [0.5, 0.6) is 0 Å². The SMILES string of the molecule is C[SH+]c1ccc2c(sc3ccccc32)c1-c1ccc(N(C2=CC3c4ccccc4SC3C=C2)c2cccc(-c3cccc4ccccc34)c2)cc1C. The number of anilines is 2. The molecular weight excluding hydrogens is 687 g/mol. The molecule has 2 unspecified atom stereocenters. The van der Waals surface area contributed by atoms with Crippen LogP contribution in [0.25, 0.3) is 53.2 Å². The highest BCUT2D eigenvalue weighted by Crippen LogP contribution is 2.50. The van der Waals surface area contributed by atoms with Gasteiger partial charge in [-0.15, -0.1) is 23.1 Å². The van der Waals surface area contributed by atoms with Crippen molar-refractivity contribution in [1.82, 2.24) is 0 Å². The predicted molar refractivity (Wildman–Crippen MR) is 230 cm³/mol. The van der Waals surface area contributed by atoms with Crippen LogP contribution in [-0.2, 0) is 11.8 Å². The second kappa shape index (κ2) is 12.9. The van der Waals surface area contributed by atoms with E-state index in [1.54, 1.807) is 0 Å². The number of hydrogen-bond acceptors (Lipinski definition) is 3. The predicted octanol–water partition coefficient (Wildman–Crippen LogP) is 13.5. The molecule has 52 heavy (non-hydrogen) atoms. The fourth-order valence-electron chi connectivity index (χ4n) is 8.22. The van der Waals surface area contributed by atoms with Gasteiger partial charge in [0.05, 0.1) is 5.56 Å². The molecule has 1 nitrogen and oxygen atoms in total. The Morgan fingerprint density at radius 2 is 1.44 bits per heavy atom. The zero-order valence-electron chi connectivity index (χ0n) is 29.0. The molecule has 250 valence electrons. The average molecular weight is 723 g/mol. The lowest BCUT2D eigenvalue weighted by Crippen LogP contribution is -2.20.